The SMILES string of the molecule is CN(C)CCOc1ccc2c(N(N)n3ncc4ccccc43)nc(Nc3ccc(C#N)cc3)nc2c1. The van der Waals surface area contributed by atoms with Gasteiger partial charge in [-0.25, -0.2) is 10.8 Å². The zero-order valence-electron chi connectivity index (χ0n) is 20.0. The number of nitriles is 1. The number of benzene rings is 3. The molecule has 0 spiro atoms. The van der Waals surface area contributed by atoms with E-state index in [0.29, 0.717) is 35.2 Å². The molecule has 0 saturated carbocycles. The van der Waals surface area contributed by atoms with Crippen molar-refractivity contribution in [2.75, 3.05) is 37.7 Å². The lowest BCUT2D eigenvalue weighted by molar-refractivity contribution is 0.261. The summed E-state index contributed by atoms with van der Waals surface area (Å²) in [5, 5.41) is 19.9. The van der Waals surface area contributed by atoms with Crippen LogP contribution in [0, 0.1) is 11.3 Å². The van der Waals surface area contributed by atoms with Gasteiger partial charge in [-0.05, 0) is 56.6 Å². The van der Waals surface area contributed by atoms with Crippen molar-refractivity contribution in [3.63, 3.8) is 0 Å². The van der Waals surface area contributed by atoms with Gasteiger partial charge in [-0.15, -0.1) is 0 Å². The van der Waals surface area contributed by atoms with Gasteiger partial charge in [0.2, 0.25) is 5.95 Å². The van der Waals surface area contributed by atoms with Crippen molar-refractivity contribution in [3.8, 4) is 11.8 Å². The van der Waals surface area contributed by atoms with Gasteiger partial charge in [0, 0.05) is 29.1 Å². The van der Waals surface area contributed by atoms with Crippen LogP contribution in [0.5, 0.6) is 5.75 Å². The van der Waals surface area contributed by atoms with E-state index in [1.807, 2.05) is 56.6 Å². The van der Waals surface area contributed by atoms with Crippen LogP contribution in [0.25, 0.3) is 21.8 Å². The second kappa shape index (κ2) is 9.87. The van der Waals surface area contributed by atoms with E-state index < -0.39 is 0 Å². The Morgan fingerprint density at radius 2 is 1.86 bits per heavy atom. The molecule has 0 saturated heterocycles. The average Bonchev–Trinajstić information content (AvgIpc) is 3.32. The van der Waals surface area contributed by atoms with Crippen LogP contribution in [0.2, 0.25) is 0 Å². The van der Waals surface area contributed by atoms with Gasteiger partial charge < -0.3 is 15.0 Å². The van der Waals surface area contributed by atoms with Crippen molar-refractivity contribution in [1.82, 2.24) is 24.8 Å². The Hall–Kier alpha value is -4.72. The molecule has 0 amide bonds. The van der Waals surface area contributed by atoms with Gasteiger partial charge in [0.05, 0.1) is 28.9 Å². The van der Waals surface area contributed by atoms with E-state index >= 15 is 0 Å². The number of hydrogen-bond donors (Lipinski definition) is 2. The van der Waals surface area contributed by atoms with Gasteiger partial charge in [0.1, 0.15) is 12.4 Å². The number of nitrogens with one attached hydrogen (secondary N) is 1. The van der Waals surface area contributed by atoms with Crippen LogP contribution < -0.4 is 21.0 Å². The molecule has 5 aromatic rings. The van der Waals surface area contributed by atoms with Crippen LogP contribution >= 0.6 is 0 Å². The molecular weight excluding hydrogens is 454 g/mol. The molecule has 10 heteroatoms. The molecular formula is C26H25N9O. The molecule has 2 aromatic heterocycles. The maximum atomic E-state index is 9.08. The quantitative estimate of drug-likeness (QED) is 0.253. The Morgan fingerprint density at radius 3 is 2.64 bits per heavy atom. The van der Waals surface area contributed by atoms with E-state index in [4.69, 9.17) is 25.8 Å². The number of nitrogens with two attached hydrogens (primary N) is 1. The highest BCUT2D eigenvalue weighted by atomic mass is 16.5. The second-order valence-corrected chi connectivity index (χ2v) is 8.45. The second-order valence-electron chi connectivity index (χ2n) is 8.45. The van der Waals surface area contributed by atoms with Crippen molar-refractivity contribution < 1.29 is 4.74 Å². The summed E-state index contributed by atoms with van der Waals surface area (Å²) in [5.41, 5.74) is 2.81. The minimum atomic E-state index is 0.347. The average molecular weight is 480 g/mol. The van der Waals surface area contributed by atoms with Crippen molar-refractivity contribution in [2.45, 2.75) is 0 Å². The molecule has 0 bridgehead atoms. The minimum absolute atomic E-state index is 0.347. The number of hydrazine groups is 1. The fourth-order valence-electron chi connectivity index (χ4n) is 3.74. The Bertz CT molecular complexity index is 1550. The molecule has 180 valence electrons. The lowest BCUT2D eigenvalue weighted by atomic mass is 10.2. The normalized spacial score (nSPS) is 11.1. The molecule has 0 aliphatic heterocycles. The fraction of sp³-hybridized carbons (Fsp3) is 0.154. The van der Waals surface area contributed by atoms with Gasteiger partial charge in [-0.3, -0.25) is 0 Å². The highest BCUT2D eigenvalue weighted by Crippen LogP contribution is 2.29. The van der Waals surface area contributed by atoms with Crippen molar-refractivity contribution in [2.24, 2.45) is 5.84 Å². The highest BCUT2D eigenvalue weighted by Gasteiger charge is 2.17. The van der Waals surface area contributed by atoms with E-state index in [2.05, 4.69) is 21.4 Å². The van der Waals surface area contributed by atoms with Gasteiger partial charge >= 0.3 is 0 Å². The fourth-order valence-corrected chi connectivity index (χ4v) is 3.74. The molecule has 5 rings (SSSR count). The third kappa shape index (κ3) is 4.74. The number of para-hydroxylation sites is 1. The van der Waals surface area contributed by atoms with Gasteiger partial charge in [0.25, 0.3) is 0 Å². The Labute approximate surface area is 208 Å². The summed E-state index contributed by atoms with van der Waals surface area (Å²) in [7, 11) is 4.00. The number of anilines is 3. The van der Waals surface area contributed by atoms with E-state index in [0.717, 1.165) is 28.5 Å². The molecule has 0 radical (unpaired) electrons. The van der Waals surface area contributed by atoms with Gasteiger partial charge in [0.15, 0.2) is 5.82 Å². The van der Waals surface area contributed by atoms with Crippen molar-refractivity contribution in [3.05, 3.63) is 78.5 Å². The first-order valence-corrected chi connectivity index (χ1v) is 11.4. The van der Waals surface area contributed by atoms with Gasteiger partial charge in [-0.1, -0.05) is 18.2 Å². The lowest BCUT2D eigenvalue weighted by Crippen LogP contribution is -2.38. The highest BCUT2D eigenvalue weighted by molar-refractivity contribution is 5.92. The summed E-state index contributed by atoms with van der Waals surface area (Å²) in [4.78, 5) is 13.1. The third-order valence-corrected chi connectivity index (χ3v) is 5.61. The molecule has 2 heterocycles. The first-order chi connectivity index (χ1) is 17.5. The summed E-state index contributed by atoms with van der Waals surface area (Å²) in [6.07, 6.45) is 1.76. The predicted molar refractivity (Wildman–Crippen MR) is 140 cm³/mol. The van der Waals surface area contributed by atoms with Crippen LogP contribution in [0.15, 0.2) is 72.9 Å². The monoisotopic (exact) mass is 479 g/mol. The smallest absolute Gasteiger partial charge is 0.229 e. The lowest BCUT2D eigenvalue weighted by Gasteiger charge is -2.21. The predicted octanol–water partition coefficient (Wildman–Crippen LogP) is 3.68. The topological polar surface area (TPSA) is 121 Å². The van der Waals surface area contributed by atoms with Crippen LogP contribution in [-0.4, -0.2) is 52.0 Å². The molecule has 0 unspecified atom stereocenters. The largest absolute Gasteiger partial charge is 0.492 e. The summed E-state index contributed by atoms with van der Waals surface area (Å²) >= 11 is 0. The Kier molecular flexibility index (Phi) is 6.32. The Balaban J connectivity index is 1.57. The number of hydrogen-bond acceptors (Lipinski definition) is 9. The van der Waals surface area contributed by atoms with Crippen LogP contribution in [0.1, 0.15) is 5.56 Å². The maximum Gasteiger partial charge on any atom is 0.229 e. The summed E-state index contributed by atoms with van der Waals surface area (Å²) in [6.45, 7) is 1.34. The van der Waals surface area contributed by atoms with Crippen LogP contribution in [-0.2, 0) is 0 Å². The minimum Gasteiger partial charge on any atom is -0.492 e. The zero-order valence-corrected chi connectivity index (χ0v) is 20.0. The number of fused-ring (bicyclic) bond motifs is 2. The van der Waals surface area contributed by atoms with Gasteiger partial charge in [-0.2, -0.15) is 25.3 Å². The molecule has 3 aromatic carbocycles. The Morgan fingerprint density at radius 1 is 1.06 bits per heavy atom. The first-order valence-electron chi connectivity index (χ1n) is 11.4. The summed E-state index contributed by atoms with van der Waals surface area (Å²) in [6, 6.07) is 22.6. The standard InChI is InChI=1S/C26H25N9O/c1-33(2)13-14-36-21-11-12-22-23(15-21)31-26(30-20-9-7-18(16-27)8-10-20)32-25(22)34(28)35-24-6-4-3-5-19(24)17-29-35/h3-12,15,17H,13-14,28H2,1-2H3,(H,30,31,32). The van der Waals surface area contributed by atoms with Crippen LogP contribution in [0.3, 0.4) is 0 Å². The third-order valence-electron chi connectivity index (χ3n) is 5.61. The first kappa shape index (κ1) is 23.0. The molecule has 3 N–H and O–H groups in total. The molecule has 36 heavy (non-hydrogen) atoms. The van der Waals surface area contributed by atoms with E-state index in [1.165, 1.54) is 5.12 Å². The van der Waals surface area contributed by atoms with Crippen molar-refractivity contribution >= 4 is 39.3 Å². The number of ether oxygens (including phenoxy) is 1. The zero-order chi connectivity index (χ0) is 25.1. The summed E-state index contributed by atoms with van der Waals surface area (Å²) < 4.78 is 5.92. The maximum absolute atomic E-state index is 9.08. The van der Waals surface area contributed by atoms with E-state index in [1.54, 1.807) is 35.3 Å². The number of rotatable bonds is 8. The van der Waals surface area contributed by atoms with Crippen LogP contribution in [0.4, 0.5) is 17.5 Å². The number of likely N-dealkylation sites (N-methyl/N-ethyl adjacent to an activating group) is 1. The molecule has 0 atom stereocenters. The summed E-state index contributed by atoms with van der Waals surface area (Å²) in [5.74, 6) is 8.10. The van der Waals surface area contributed by atoms with E-state index in [-0.39, 0.29) is 0 Å². The molecule has 0 aliphatic rings. The molecule has 10 nitrogen and oxygen atoms in total. The van der Waals surface area contributed by atoms with Crippen molar-refractivity contribution in [1.29, 1.82) is 5.26 Å². The number of nitrogens with zero attached hydrogens (tertiary/aromatic N) is 7. The van der Waals surface area contributed by atoms with E-state index in [9.17, 15) is 0 Å². The molecule has 0 fully saturated rings. The molecule has 0 aliphatic carbocycles. The number of aromatic nitrogens is 4.